The summed E-state index contributed by atoms with van der Waals surface area (Å²) in [6.07, 6.45) is -4.41. The molecule has 17 heteroatoms. The number of aliphatic hydroxyl groups excluding tert-OH is 3. The monoisotopic (exact) mass is 540 g/mol. The van der Waals surface area contributed by atoms with E-state index in [-0.39, 0.29) is 29.8 Å². The molecule has 1 aliphatic rings. The Morgan fingerprint density at radius 1 is 1.29 bits per heavy atom. The molecule has 4 heterocycles. The zero-order chi connectivity index (χ0) is 27.9. The van der Waals surface area contributed by atoms with Crippen molar-refractivity contribution in [1.29, 1.82) is 0 Å². The number of aliphatic hydroxyl groups is 3. The van der Waals surface area contributed by atoms with E-state index >= 15 is 0 Å². The number of methoxy groups -OCH3 is 2. The third-order valence-electron chi connectivity index (χ3n) is 6.60. The minimum Gasteiger partial charge on any atom is -0.467 e. The zero-order valence-corrected chi connectivity index (χ0v) is 20.9. The van der Waals surface area contributed by atoms with Crippen molar-refractivity contribution in [3.05, 3.63) is 28.1 Å². The van der Waals surface area contributed by atoms with Crippen LogP contribution in [0.15, 0.2) is 11.1 Å². The lowest BCUT2D eigenvalue weighted by Gasteiger charge is -2.30. The van der Waals surface area contributed by atoms with E-state index in [1.807, 2.05) is 0 Å². The number of amides is 1. The second kappa shape index (κ2) is 10.3. The number of imidazole rings is 2. The number of carbonyl (C=O) groups is 2. The van der Waals surface area contributed by atoms with Crippen LogP contribution in [0.5, 0.6) is 0 Å². The second-order valence-corrected chi connectivity index (χ2v) is 8.68. The van der Waals surface area contributed by atoms with Crippen LogP contribution in [0.1, 0.15) is 17.8 Å². The van der Waals surface area contributed by atoms with Crippen molar-refractivity contribution >= 4 is 29.0 Å². The van der Waals surface area contributed by atoms with E-state index in [0.29, 0.717) is 11.4 Å². The predicted octanol–water partition coefficient (Wildman–Crippen LogP) is -2.27. The van der Waals surface area contributed by atoms with Crippen molar-refractivity contribution in [3.63, 3.8) is 0 Å². The molecule has 5 N–H and O–H groups in total. The van der Waals surface area contributed by atoms with Gasteiger partial charge in [0.1, 0.15) is 24.6 Å². The molecular formula is C21H28N6O11. The molecular weight excluding hydrogens is 512 g/mol. The van der Waals surface area contributed by atoms with Gasteiger partial charge < -0.3 is 34.8 Å². The third-order valence-corrected chi connectivity index (χ3v) is 6.60. The van der Waals surface area contributed by atoms with Crippen molar-refractivity contribution in [3.8, 4) is 0 Å². The van der Waals surface area contributed by atoms with Gasteiger partial charge in [-0.05, 0) is 19.8 Å². The van der Waals surface area contributed by atoms with Gasteiger partial charge in [0.2, 0.25) is 5.78 Å². The standard InChI is InChI=1S/C21H28N6O11/c1-9-11(6-5-10(18(32)35-3)24-20(33)36-4)27-17(31)13-16(25(2)19(27)23-9)26(8-22-13)21(38-34)15(30)14(29)12(7-28)37-21/h8,10,12,14-15,28-30,34H,5-7H2,1-4H3,(H,24,33)/t10-,12+,14+,15+,21-/m0/s1. The molecule has 0 unspecified atom stereocenters. The van der Waals surface area contributed by atoms with E-state index in [0.717, 1.165) is 18.0 Å². The van der Waals surface area contributed by atoms with E-state index < -0.39 is 54.5 Å². The van der Waals surface area contributed by atoms with E-state index in [9.17, 15) is 35.0 Å². The minimum atomic E-state index is -2.43. The van der Waals surface area contributed by atoms with Gasteiger partial charge >= 0.3 is 18.0 Å². The van der Waals surface area contributed by atoms with Crippen molar-refractivity contribution in [2.45, 2.75) is 50.0 Å². The van der Waals surface area contributed by atoms with Gasteiger partial charge in [-0.1, -0.05) is 0 Å². The first-order valence-electron chi connectivity index (χ1n) is 11.4. The van der Waals surface area contributed by atoms with E-state index in [1.165, 1.54) is 23.1 Å². The SMILES string of the molecule is COC(=O)N[C@@H](CCc1c(C)nc2n(C)c3c(ncn3[C@]3(OO)O[C@H](CO)[C@@H](O)[C@H]3O)c(=O)n12)C(=O)OC. The highest BCUT2D eigenvalue weighted by Gasteiger charge is 2.58. The van der Waals surface area contributed by atoms with Gasteiger partial charge in [0.05, 0.1) is 32.2 Å². The van der Waals surface area contributed by atoms with Gasteiger partial charge in [-0.2, -0.15) is 4.89 Å². The van der Waals surface area contributed by atoms with Crippen LogP contribution in [-0.4, -0.2) is 101 Å². The summed E-state index contributed by atoms with van der Waals surface area (Å²) in [6, 6.07) is -1.06. The Morgan fingerprint density at radius 2 is 2.00 bits per heavy atom. The highest BCUT2D eigenvalue weighted by molar-refractivity contribution is 5.81. The maximum Gasteiger partial charge on any atom is 0.407 e. The van der Waals surface area contributed by atoms with Crippen LogP contribution in [0.3, 0.4) is 0 Å². The number of nitrogens with one attached hydrogen (secondary N) is 1. The molecule has 1 amide bonds. The molecule has 0 radical (unpaired) electrons. The first-order chi connectivity index (χ1) is 18.1. The summed E-state index contributed by atoms with van der Waals surface area (Å²) >= 11 is 0. The van der Waals surface area contributed by atoms with Crippen molar-refractivity contribution in [2.24, 2.45) is 7.05 Å². The average Bonchev–Trinajstić information content (AvgIpc) is 3.58. The number of ether oxygens (including phenoxy) is 3. The molecule has 3 aromatic heterocycles. The summed E-state index contributed by atoms with van der Waals surface area (Å²) in [7, 11) is 3.86. The van der Waals surface area contributed by atoms with Gasteiger partial charge in [0.15, 0.2) is 17.3 Å². The predicted molar refractivity (Wildman–Crippen MR) is 124 cm³/mol. The van der Waals surface area contributed by atoms with Gasteiger partial charge in [-0.15, -0.1) is 0 Å². The van der Waals surface area contributed by atoms with Crippen LogP contribution in [0, 0.1) is 6.92 Å². The minimum absolute atomic E-state index is 0.0118. The van der Waals surface area contributed by atoms with Crippen LogP contribution in [0.25, 0.3) is 16.9 Å². The number of esters is 1. The largest absolute Gasteiger partial charge is 0.467 e. The second-order valence-electron chi connectivity index (χ2n) is 8.68. The first kappa shape index (κ1) is 27.4. The zero-order valence-electron chi connectivity index (χ0n) is 20.9. The number of carbonyl (C=O) groups excluding carboxylic acids is 2. The summed E-state index contributed by atoms with van der Waals surface area (Å²) in [6.45, 7) is 0.957. The fourth-order valence-electron chi connectivity index (χ4n) is 4.63. The van der Waals surface area contributed by atoms with E-state index in [1.54, 1.807) is 6.92 Å². The van der Waals surface area contributed by atoms with Crippen LogP contribution in [-0.2, 0) is 43.3 Å². The molecule has 1 saturated heterocycles. The van der Waals surface area contributed by atoms with Crippen molar-refractivity contribution < 1.29 is 49.3 Å². The number of hydrogen-bond acceptors (Lipinski definition) is 13. The number of rotatable bonds is 8. The van der Waals surface area contributed by atoms with Gasteiger partial charge in [0.25, 0.3) is 5.56 Å². The molecule has 4 rings (SSSR count). The molecule has 5 atom stereocenters. The lowest BCUT2D eigenvalue weighted by atomic mass is 10.1. The molecule has 208 valence electrons. The Morgan fingerprint density at radius 3 is 2.58 bits per heavy atom. The van der Waals surface area contributed by atoms with Gasteiger partial charge in [-0.3, -0.25) is 13.9 Å². The van der Waals surface area contributed by atoms with Gasteiger partial charge in [-0.25, -0.2) is 29.2 Å². The summed E-state index contributed by atoms with van der Waals surface area (Å²) in [4.78, 5) is 50.5. The third kappa shape index (κ3) is 4.08. The fraction of sp³-hybridized carbons (Fsp3) is 0.571. The summed E-state index contributed by atoms with van der Waals surface area (Å²) in [5.74, 6) is -3.00. The molecule has 0 bridgehead atoms. The van der Waals surface area contributed by atoms with Crippen LogP contribution < -0.4 is 10.9 Å². The highest BCUT2D eigenvalue weighted by atomic mass is 17.2. The molecule has 0 aromatic carbocycles. The van der Waals surface area contributed by atoms with Crippen molar-refractivity contribution in [1.82, 2.24) is 28.8 Å². The number of hydrogen-bond donors (Lipinski definition) is 5. The van der Waals surface area contributed by atoms with Crippen LogP contribution in [0.2, 0.25) is 0 Å². The van der Waals surface area contributed by atoms with Crippen molar-refractivity contribution in [2.75, 3.05) is 20.8 Å². The summed E-state index contributed by atoms with van der Waals surface area (Å²) in [5.41, 5.74) is 0.124. The fourth-order valence-corrected chi connectivity index (χ4v) is 4.63. The Hall–Kier alpha value is -3.61. The van der Waals surface area contributed by atoms with E-state index in [2.05, 4.69) is 24.9 Å². The highest BCUT2D eigenvalue weighted by Crippen LogP contribution is 2.38. The van der Waals surface area contributed by atoms with Crippen LogP contribution in [0.4, 0.5) is 4.79 Å². The van der Waals surface area contributed by atoms with E-state index in [4.69, 9.17) is 9.47 Å². The lowest BCUT2D eigenvalue weighted by molar-refractivity contribution is -0.452. The molecule has 17 nitrogen and oxygen atoms in total. The molecule has 0 saturated carbocycles. The maximum atomic E-state index is 13.6. The topological polar surface area (TPSA) is 221 Å². The molecule has 1 fully saturated rings. The lowest BCUT2D eigenvalue weighted by Crippen LogP contribution is -2.47. The van der Waals surface area contributed by atoms with Crippen LogP contribution >= 0.6 is 0 Å². The Labute approximate surface area is 213 Å². The Kier molecular flexibility index (Phi) is 7.42. The average molecular weight is 540 g/mol. The first-order valence-corrected chi connectivity index (χ1v) is 11.4. The smallest absolute Gasteiger partial charge is 0.407 e. The number of aromatic nitrogens is 5. The quantitative estimate of drug-likeness (QED) is 0.116. The summed E-state index contributed by atoms with van der Waals surface area (Å²) < 4.78 is 18.5. The molecule has 3 aromatic rings. The van der Waals surface area contributed by atoms with Gasteiger partial charge in [0, 0.05) is 7.05 Å². The Bertz CT molecular complexity index is 1430. The maximum absolute atomic E-state index is 13.6. The Balaban J connectivity index is 1.82. The normalized spacial score (nSPS) is 24.2. The number of aryl methyl sites for hydroxylation is 3. The molecule has 38 heavy (non-hydrogen) atoms. The number of nitrogens with zero attached hydrogens (tertiary/aromatic N) is 5. The molecule has 1 aliphatic heterocycles. The number of alkyl carbamates (subject to hydrolysis) is 1. The molecule has 0 spiro atoms. The summed E-state index contributed by atoms with van der Waals surface area (Å²) in [5, 5.41) is 42.5. The molecule has 0 aliphatic carbocycles. The number of fused-ring (bicyclic) bond motifs is 2.